The van der Waals surface area contributed by atoms with Crippen LogP contribution in [0.25, 0.3) is 0 Å². The minimum atomic E-state index is 0. The van der Waals surface area contributed by atoms with E-state index in [2.05, 4.69) is 12.1 Å². The van der Waals surface area contributed by atoms with Crippen LogP contribution < -0.4 is 5.73 Å². The van der Waals surface area contributed by atoms with E-state index in [0.717, 1.165) is 6.42 Å². The van der Waals surface area contributed by atoms with E-state index in [0.29, 0.717) is 6.54 Å². The standard InChI is InChI=1S/C8H10N.C6H5.Pd/c9-7-6-8-4-2-1-3-5-8;1-2-4-6-5-3-1;/h1-4H,6-7,9H2;1-5H;/q2*-1;+2. The van der Waals surface area contributed by atoms with Gasteiger partial charge in [0.2, 0.25) is 0 Å². The van der Waals surface area contributed by atoms with E-state index in [9.17, 15) is 0 Å². The van der Waals surface area contributed by atoms with E-state index < -0.39 is 0 Å². The first-order valence-corrected chi connectivity index (χ1v) is 5.00. The second-order valence-electron chi connectivity index (χ2n) is 3.00. The summed E-state index contributed by atoms with van der Waals surface area (Å²) in [5.74, 6) is 0. The third-order valence-electron chi connectivity index (χ3n) is 1.79. The van der Waals surface area contributed by atoms with Gasteiger partial charge in [-0.3, -0.25) is 0 Å². The normalized spacial score (nSPS) is 8.31. The van der Waals surface area contributed by atoms with Crippen molar-refractivity contribution < 1.29 is 20.4 Å². The molecule has 0 spiro atoms. The predicted octanol–water partition coefficient (Wildman–Crippen LogP) is 2.47. The Hall–Kier alpha value is -0.938. The fraction of sp³-hybridized carbons (Fsp3) is 0.143. The third-order valence-corrected chi connectivity index (χ3v) is 1.79. The second-order valence-corrected chi connectivity index (χ2v) is 3.00. The van der Waals surface area contributed by atoms with Crippen LogP contribution in [0.1, 0.15) is 5.56 Å². The molecule has 0 unspecified atom stereocenters. The molecule has 0 atom stereocenters. The SMILES string of the molecule is NCCc1[c-]cccc1.[Pd+2].[c-]1ccccc1. The summed E-state index contributed by atoms with van der Waals surface area (Å²) < 4.78 is 0. The van der Waals surface area contributed by atoms with Crippen LogP contribution in [0.2, 0.25) is 0 Å². The van der Waals surface area contributed by atoms with Gasteiger partial charge in [-0.1, -0.05) is 0 Å². The Balaban J connectivity index is 0.000000283. The summed E-state index contributed by atoms with van der Waals surface area (Å²) in [6, 6.07) is 23.5. The summed E-state index contributed by atoms with van der Waals surface area (Å²) in [5.41, 5.74) is 6.53. The first kappa shape index (κ1) is 15.1. The van der Waals surface area contributed by atoms with Gasteiger partial charge >= 0.3 is 20.4 Å². The molecule has 1 nitrogen and oxygen atoms in total. The van der Waals surface area contributed by atoms with E-state index in [1.165, 1.54) is 5.56 Å². The summed E-state index contributed by atoms with van der Waals surface area (Å²) in [7, 11) is 0. The Morgan fingerprint density at radius 1 is 0.938 bits per heavy atom. The summed E-state index contributed by atoms with van der Waals surface area (Å²) in [6.45, 7) is 0.709. The van der Waals surface area contributed by atoms with E-state index >= 15 is 0 Å². The molecule has 0 aromatic heterocycles. The molecule has 0 fully saturated rings. The summed E-state index contributed by atoms with van der Waals surface area (Å²) in [4.78, 5) is 0. The van der Waals surface area contributed by atoms with Gasteiger partial charge < -0.3 is 5.73 Å². The molecule has 86 valence electrons. The van der Waals surface area contributed by atoms with Crippen LogP contribution in [0.3, 0.4) is 0 Å². The van der Waals surface area contributed by atoms with Gasteiger partial charge in [-0.2, -0.15) is 72.3 Å². The van der Waals surface area contributed by atoms with Crippen LogP contribution >= 0.6 is 0 Å². The van der Waals surface area contributed by atoms with E-state index in [4.69, 9.17) is 5.73 Å². The average molecular weight is 304 g/mol. The number of benzene rings is 2. The van der Waals surface area contributed by atoms with Gasteiger partial charge in [-0.15, -0.1) is 0 Å². The molecule has 0 heterocycles. The first-order chi connectivity index (χ1) is 7.43. The molecule has 0 amide bonds. The van der Waals surface area contributed by atoms with E-state index in [1.807, 2.05) is 54.6 Å². The second kappa shape index (κ2) is 10.6. The van der Waals surface area contributed by atoms with E-state index in [1.54, 1.807) is 0 Å². The summed E-state index contributed by atoms with van der Waals surface area (Å²) in [5, 5.41) is 0. The van der Waals surface area contributed by atoms with Gasteiger partial charge in [-0.05, 0) is 13.0 Å². The molecule has 0 aliphatic rings. The van der Waals surface area contributed by atoms with Crippen LogP contribution in [0, 0.1) is 12.1 Å². The maximum absolute atomic E-state index is 5.34. The van der Waals surface area contributed by atoms with Gasteiger partial charge in [0.15, 0.2) is 0 Å². The summed E-state index contributed by atoms with van der Waals surface area (Å²) in [6.07, 6.45) is 0.931. The topological polar surface area (TPSA) is 26.0 Å². The van der Waals surface area contributed by atoms with Crippen molar-refractivity contribution in [3.8, 4) is 0 Å². The molecular weight excluding hydrogens is 289 g/mol. The predicted molar refractivity (Wildman–Crippen MR) is 63.3 cm³/mol. The monoisotopic (exact) mass is 303 g/mol. The van der Waals surface area contributed by atoms with Gasteiger partial charge in [0.05, 0.1) is 0 Å². The number of rotatable bonds is 2. The molecule has 0 saturated carbocycles. The Morgan fingerprint density at radius 3 is 2.00 bits per heavy atom. The van der Waals surface area contributed by atoms with Crippen molar-refractivity contribution in [3.63, 3.8) is 0 Å². The third kappa shape index (κ3) is 7.37. The molecule has 0 aliphatic heterocycles. The van der Waals surface area contributed by atoms with Crippen LogP contribution in [0.5, 0.6) is 0 Å². The minimum absolute atomic E-state index is 0. The number of nitrogens with two attached hydrogens (primary N) is 1. The Morgan fingerprint density at radius 2 is 1.62 bits per heavy atom. The number of hydrogen-bond acceptors (Lipinski definition) is 1. The molecule has 2 N–H and O–H groups in total. The van der Waals surface area contributed by atoms with Crippen molar-refractivity contribution in [1.82, 2.24) is 0 Å². The molecule has 16 heavy (non-hydrogen) atoms. The van der Waals surface area contributed by atoms with Crippen LogP contribution in [-0.4, -0.2) is 6.54 Å². The first-order valence-electron chi connectivity index (χ1n) is 5.00. The van der Waals surface area contributed by atoms with Crippen LogP contribution in [0.15, 0.2) is 54.6 Å². The molecule has 0 radical (unpaired) electrons. The molecule has 0 aliphatic carbocycles. The van der Waals surface area contributed by atoms with Gasteiger partial charge in [0.25, 0.3) is 0 Å². The van der Waals surface area contributed by atoms with Crippen molar-refractivity contribution in [2.75, 3.05) is 6.54 Å². The quantitative estimate of drug-likeness (QED) is 0.669. The smallest absolute Gasteiger partial charge is 0.330 e. The van der Waals surface area contributed by atoms with Gasteiger partial charge in [0, 0.05) is 0 Å². The zero-order valence-electron chi connectivity index (χ0n) is 9.00. The maximum Gasteiger partial charge on any atom is 2.00 e. The zero-order valence-corrected chi connectivity index (χ0v) is 10.6. The van der Waals surface area contributed by atoms with E-state index in [-0.39, 0.29) is 20.4 Å². The van der Waals surface area contributed by atoms with Gasteiger partial charge in [0.1, 0.15) is 0 Å². The van der Waals surface area contributed by atoms with Crippen LogP contribution in [-0.2, 0) is 26.8 Å². The van der Waals surface area contributed by atoms with Crippen molar-refractivity contribution in [3.05, 3.63) is 72.3 Å². The largest absolute Gasteiger partial charge is 2.00 e. The number of hydrogen-bond donors (Lipinski definition) is 1. The molecular formula is C14H15NPd. The fourth-order valence-corrected chi connectivity index (χ4v) is 1.08. The van der Waals surface area contributed by atoms with Crippen molar-refractivity contribution in [2.24, 2.45) is 5.73 Å². The molecule has 2 rings (SSSR count). The maximum atomic E-state index is 5.34. The molecule has 2 heteroatoms. The average Bonchev–Trinajstić information content (AvgIpc) is 2.34. The summed E-state index contributed by atoms with van der Waals surface area (Å²) >= 11 is 0. The van der Waals surface area contributed by atoms with Crippen molar-refractivity contribution in [2.45, 2.75) is 6.42 Å². The molecule has 0 bridgehead atoms. The fourth-order valence-electron chi connectivity index (χ4n) is 1.08. The van der Waals surface area contributed by atoms with Gasteiger partial charge in [-0.25, -0.2) is 0 Å². The minimum Gasteiger partial charge on any atom is -0.330 e. The zero-order chi connectivity index (χ0) is 10.8. The Kier molecular flexibility index (Phi) is 9.96. The molecule has 2 aromatic carbocycles. The van der Waals surface area contributed by atoms with Crippen molar-refractivity contribution >= 4 is 0 Å². The van der Waals surface area contributed by atoms with Crippen LogP contribution in [0.4, 0.5) is 0 Å². The molecule has 2 aromatic rings. The Labute approximate surface area is 111 Å². The molecule has 0 saturated heterocycles. The Bertz CT molecular complexity index is 308. The van der Waals surface area contributed by atoms with Crippen molar-refractivity contribution in [1.29, 1.82) is 0 Å².